The minimum absolute atomic E-state index is 0.765. The van der Waals surface area contributed by atoms with E-state index >= 15 is 0 Å². The molecule has 0 saturated carbocycles. The largest absolute Gasteiger partial charge is 0.355 e. The zero-order valence-corrected chi connectivity index (χ0v) is 17.5. The van der Waals surface area contributed by atoms with Crippen LogP contribution in [0, 0.1) is 5.92 Å². The lowest BCUT2D eigenvalue weighted by molar-refractivity contribution is 0.360. The lowest BCUT2D eigenvalue weighted by Crippen LogP contribution is -2.29. The van der Waals surface area contributed by atoms with E-state index in [9.17, 15) is 0 Å². The minimum atomic E-state index is 0.765. The number of anilines is 1. The van der Waals surface area contributed by atoms with Crippen LogP contribution in [0.25, 0.3) is 21.6 Å². The number of rotatable bonds is 2. The number of hydrogen-bond donors (Lipinski definition) is 0. The van der Waals surface area contributed by atoms with Gasteiger partial charge in [-0.3, -0.25) is 4.98 Å². The van der Waals surface area contributed by atoms with Crippen molar-refractivity contribution in [2.45, 2.75) is 32.6 Å². The van der Waals surface area contributed by atoms with E-state index in [4.69, 9.17) is 9.97 Å². The second-order valence-electron chi connectivity index (χ2n) is 8.29. The van der Waals surface area contributed by atoms with Crippen molar-refractivity contribution in [1.29, 1.82) is 0 Å². The topological polar surface area (TPSA) is 45.2 Å². The van der Waals surface area contributed by atoms with Crippen LogP contribution in [0.15, 0.2) is 24.5 Å². The van der Waals surface area contributed by atoms with Crippen LogP contribution in [0.4, 0.5) is 5.82 Å². The lowest BCUT2D eigenvalue weighted by atomic mass is 9.89. The third-order valence-corrected chi connectivity index (χ3v) is 7.22. The van der Waals surface area contributed by atoms with Crippen LogP contribution in [0.3, 0.4) is 0 Å². The number of aromatic nitrogens is 3. The number of fused-ring (bicyclic) bond motifs is 3. The van der Waals surface area contributed by atoms with Gasteiger partial charge in [0.2, 0.25) is 0 Å². The van der Waals surface area contributed by atoms with E-state index in [0.717, 1.165) is 60.6 Å². The second-order valence-corrected chi connectivity index (χ2v) is 9.37. The van der Waals surface area contributed by atoms with E-state index in [1.807, 2.05) is 23.6 Å². The number of aryl methyl sites for hydroxylation is 1. The molecule has 0 radical (unpaired) electrons. The van der Waals surface area contributed by atoms with E-state index in [-0.39, 0.29) is 0 Å². The standard InChI is InChI=1S/C22H27N5S/c1-15-6-7-17-18(13-15)28-22-19(17)21(27-10-4-9-26(2)11-12-27)24-20(25-22)16-5-3-8-23-14-16/h3,5,8,14-15H,4,6-7,9-13H2,1-2H3/t15-/m0/s1. The molecule has 2 aliphatic rings. The highest BCUT2D eigenvalue weighted by Gasteiger charge is 2.26. The first-order valence-electron chi connectivity index (χ1n) is 10.3. The van der Waals surface area contributed by atoms with Gasteiger partial charge >= 0.3 is 0 Å². The van der Waals surface area contributed by atoms with Crippen molar-refractivity contribution < 1.29 is 0 Å². The Hall–Kier alpha value is -2.05. The van der Waals surface area contributed by atoms with Crippen molar-refractivity contribution >= 4 is 27.4 Å². The number of hydrogen-bond acceptors (Lipinski definition) is 6. The van der Waals surface area contributed by atoms with Gasteiger partial charge < -0.3 is 9.80 Å². The molecule has 5 rings (SSSR count). The van der Waals surface area contributed by atoms with Crippen LogP contribution in [0.5, 0.6) is 0 Å². The summed E-state index contributed by atoms with van der Waals surface area (Å²) in [5, 5.41) is 1.32. The van der Waals surface area contributed by atoms with Crippen molar-refractivity contribution in [3.63, 3.8) is 0 Å². The first kappa shape index (κ1) is 18.0. The summed E-state index contributed by atoms with van der Waals surface area (Å²) < 4.78 is 0. The molecule has 4 heterocycles. The first-order valence-corrected chi connectivity index (χ1v) is 11.2. The first-order chi connectivity index (χ1) is 13.7. The summed E-state index contributed by atoms with van der Waals surface area (Å²) >= 11 is 1.89. The fourth-order valence-electron chi connectivity index (χ4n) is 4.43. The van der Waals surface area contributed by atoms with E-state index in [0.29, 0.717) is 0 Å². The highest BCUT2D eigenvalue weighted by molar-refractivity contribution is 7.19. The van der Waals surface area contributed by atoms with Crippen LogP contribution < -0.4 is 4.90 Å². The summed E-state index contributed by atoms with van der Waals surface area (Å²) in [4.78, 5) is 22.0. The Morgan fingerprint density at radius 2 is 2.07 bits per heavy atom. The monoisotopic (exact) mass is 393 g/mol. The molecule has 28 heavy (non-hydrogen) atoms. The zero-order chi connectivity index (χ0) is 19.1. The third kappa shape index (κ3) is 3.29. The van der Waals surface area contributed by atoms with Gasteiger partial charge in [-0.15, -0.1) is 11.3 Å². The van der Waals surface area contributed by atoms with E-state index in [2.05, 4.69) is 34.8 Å². The zero-order valence-electron chi connectivity index (χ0n) is 16.7. The number of nitrogens with zero attached hydrogens (tertiary/aromatic N) is 5. The van der Waals surface area contributed by atoms with Gasteiger partial charge in [0, 0.05) is 42.5 Å². The van der Waals surface area contributed by atoms with Gasteiger partial charge in [-0.2, -0.15) is 0 Å². The summed E-state index contributed by atoms with van der Waals surface area (Å²) in [6.45, 7) is 6.68. The summed E-state index contributed by atoms with van der Waals surface area (Å²) in [6, 6.07) is 4.02. The Labute approximate surface area is 170 Å². The maximum atomic E-state index is 5.12. The summed E-state index contributed by atoms with van der Waals surface area (Å²) in [7, 11) is 2.22. The van der Waals surface area contributed by atoms with E-state index < -0.39 is 0 Å². The van der Waals surface area contributed by atoms with Crippen LogP contribution >= 0.6 is 11.3 Å². The van der Waals surface area contributed by atoms with Crippen molar-refractivity contribution in [3.05, 3.63) is 35.0 Å². The maximum absolute atomic E-state index is 5.12. The molecule has 3 aromatic heterocycles. The highest BCUT2D eigenvalue weighted by atomic mass is 32.1. The molecule has 5 nitrogen and oxygen atoms in total. The Morgan fingerprint density at radius 1 is 1.14 bits per heavy atom. The number of thiophene rings is 1. The molecule has 0 amide bonds. The SMILES string of the molecule is C[C@H]1CCc2c(sc3nc(-c4cccnc4)nc(N4CCCN(C)CC4)c23)C1. The molecule has 1 saturated heterocycles. The van der Waals surface area contributed by atoms with E-state index in [1.165, 1.54) is 35.1 Å². The maximum Gasteiger partial charge on any atom is 0.164 e. The lowest BCUT2D eigenvalue weighted by Gasteiger charge is -2.24. The van der Waals surface area contributed by atoms with Crippen molar-refractivity contribution in [2.75, 3.05) is 38.1 Å². The average Bonchev–Trinajstić information content (AvgIpc) is 2.93. The van der Waals surface area contributed by atoms with Gasteiger partial charge in [-0.05, 0) is 62.9 Å². The fraction of sp³-hybridized carbons (Fsp3) is 0.500. The molecule has 1 atom stereocenters. The summed E-state index contributed by atoms with van der Waals surface area (Å²) in [5.41, 5.74) is 2.51. The third-order valence-electron chi connectivity index (χ3n) is 6.07. The Morgan fingerprint density at radius 3 is 2.93 bits per heavy atom. The minimum Gasteiger partial charge on any atom is -0.355 e. The summed E-state index contributed by atoms with van der Waals surface area (Å²) in [6.07, 6.45) is 8.46. The van der Waals surface area contributed by atoms with E-state index in [1.54, 1.807) is 6.20 Å². The fourth-order valence-corrected chi connectivity index (χ4v) is 5.81. The van der Waals surface area contributed by atoms with Gasteiger partial charge in [0.05, 0.1) is 5.39 Å². The predicted octanol–water partition coefficient (Wildman–Crippen LogP) is 4.02. The van der Waals surface area contributed by atoms with Crippen LogP contribution in [0.2, 0.25) is 0 Å². The van der Waals surface area contributed by atoms with Gasteiger partial charge in [-0.1, -0.05) is 6.92 Å². The summed E-state index contributed by atoms with van der Waals surface area (Å²) in [5.74, 6) is 2.72. The Kier molecular flexibility index (Phi) is 4.77. The molecule has 1 fully saturated rings. The van der Waals surface area contributed by atoms with Gasteiger partial charge in [0.15, 0.2) is 5.82 Å². The van der Waals surface area contributed by atoms with Gasteiger partial charge in [-0.25, -0.2) is 9.97 Å². The van der Waals surface area contributed by atoms with Gasteiger partial charge in [0.25, 0.3) is 0 Å². The molecular formula is C22H27N5S. The molecular weight excluding hydrogens is 366 g/mol. The molecule has 6 heteroatoms. The second kappa shape index (κ2) is 7.41. The highest BCUT2D eigenvalue weighted by Crippen LogP contribution is 2.42. The number of likely N-dealkylation sites (N-methyl/N-ethyl adjacent to an activating group) is 1. The van der Waals surface area contributed by atoms with Crippen molar-refractivity contribution in [1.82, 2.24) is 19.9 Å². The quantitative estimate of drug-likeness (QED) is 0.658. The van der Waals surface area contributed by atoms with Crippen molar-refractivity contribution in [3.8, 4) is 11.4 Å². The van der Waals surface area contributed by atoms with Crippen molar-refractivity contribution in [2.24, 2.45) is 5.92 Å². The molecule has 1 aliphatic carbocycles. The number of pyridine rings is 1. The normalized spacial score (nSPS) is 20.9. The molecule has 0 spiro atoms. The Bertz CT molecular complexity index is 984. The average molecular weight is 394 g/mol. The van der Waals surface area contributed by atoms with Crippen LogP contribution in [-0.2, 0) is 12.8 Å². The van der Waals surface area contributed by atoms with Gasteiger partial charge in [0.1, 0.15) is 10.6 Å². The molecule has 0 bridgehead atoms. The molecule has 0 aromatic carbocycles. The smallest absolute Gasteiger partial charge is 0.164 e. The molecule has 0 N–H and O–H groups in total. The van der Waals surface area contributed by atoms with Crippen LogP contribution in [-0.4, -0.2) is 53.1 Å². The predicted molar refractivity (Wildman–Crippen MR) is 116 cm³/mol. The molecule has 3 aromatic rings. The molecule has 1 aliphatic heterocycles. The van der Waals surface area contributed by atoms with Crippen LogP contribution in [0.1, 0.15) is 30.2 Å². The Balaban J connectivity index is 1.68. The molecule has 0 unspecified atom stereocenters. The molecule has 146 valence electrons.